The molecule has 0 N–H and O–H groups in total. The van der Waals surface area contributed by atoms with Gasteiger partial charge in [-0.25, -0.2) is 9.67 Å². The Morgan fingerprint density at radius 3 is 2.44 bits per heavy atom. The highest BCUT2D eigenvalue weighted by Gasteiger charge is 2.21. The molecule has 0 unspecified atom stereocenters. The maximum Gasteiger partial charge on any atom is 0.280 e. The van der Waals surface area contributed by atoms with Crippen molar-refractivity contribution in [1.82, 2.24) is 19.2 Å². The fraction of sp³-hybridized carbons (Fsp3) is 0.381. The molecule has 1 aliphatic heterocycles. The highest BCUT2D eigenvalue weighted by atomic mass is 16.2. The number of aryl methyl sites for hydroxylation is 1. The van der Waals surface area contributed by atoms with Crippen LogP contribution in [0, 0.1) is 6.92 Å². The minimum atomic E-state index is -0.148. The van der Waals surface area contributed by atoms with E-state index in [0.29, 0.717) is 11.0 Å². The summed E-state index contributed by atoms with van der Waals surface area (Å²) in [7, 11) is 0. The van der Waals surface area contributed by atoms with E-state index in [-0.39, 0.29) is 18.0 Å². The summed E-state index contributed by atoms with van der Waals surface area (Å²) in [6.07, 6.45) is 6.09. The normalized spacial score (nSPS) is 15.1. The first-order chi connectivity index (χ1) is 13.1. The first kappa shape index (κ1) is 17.5. The van der Waals surface area contributed by atoms with Crippen molar-refractivity contribution >= 4 is 16.9 Å². The predicted molar refractivity (Wildman–Crippen MR) is 105 cm³/mol. The van der Waals surface area contributed by atoms with Gasteiger partial charge in [-0.15, -0.1) is 0 Å². The van der Waals surface area contributed by atoms with Crippen molar-refractivity contribution in [2.24, 2.45) is 0 Å². The molecule has 0 spiro atoms. The fourth-order valence-electron chi connectivity index (χ4n) is 3.72. The Balaban J connectivity index is 1.78. The Morgan fingerprint density at radius 2 is 1.74 bits per heavy atom. The van der Waals surface area contributed by atoms with Gasteiger partial charge in [0.15, 0.2) is 5.65 Å². The highest BCUT2D eigenvalue weighted by Crippen LogP contribution is 2.16. The lowest BCUT2D eigenvalue weighted by Crippen LogP contribution is -2.36. The van der Waals surface area contributed by atoms with Gasteiger partial charge >= 0.3 is 0 Å². The number of hydrogen-bond donors (Lipinski definition) is 0. The van der Waals surface area contributed by atoms with E-state index < -0.39 is 0 Å². The predicted octanol–water partition coefficient (Wildman–Crippen LogP) is 2.90. The van der Waals surface area contributed by atoms with Crippen LogP contribution in [0.15, 0.2) is 47.4 Å². The van der Waals surface area contributed by atoms with Crippen LogP contribution in [0.1, 0.15) is 31.2 Å². The van der Waals surface area contributed by atoms with Crippen LogP contribution in [0.5, 0.6) is 0 Å². The van der Waals surface area contributed by atoms with E-state index in [1.54, 1.807) is 27.7 Å². The first-order valence-electron chi connectivity index (χ1n) is 9.56. The number of hydrogen-bond acceptors (Lipinski definition) is 3. The number of benzene rings is 1. The molecule has 0 radical (unpaired) electrons. The van der Waals surface area contributed by atoms with Crippen molar-refractivity contribution in [2.45, 2.75) is 39.2 Å². The zero-order valence-electron chi connectivity index (χ0n) is 15.6. The minimum absolute atomic E-state index is 0.0420. The van der Waals surface area contributed by atoms with E-state index in [1.165, 1.54) is 12.8 Å². The van der Waals surface area contributed by atoms with Gasteiger partial charge in [0.25, 0.3) is 5.56 Å². The highest BCUT2D eigenvalue weighted by molar-refractivity contribution is 5.80. The van der Waals surface area contributed by atoms with Gasteiger partial charge in [0.1, 0.15) is 6.54 Å². The van der Waals surface area contributed by atoms with E-state index in [2.05, 4.69) is 4.98 Å². The molecule has 4 rings (SSSR count). The molecule has 140 valence electrons. The third kappa shape index (κ3) is 3.39. The Hall–Kier alpha value is -2.89. The van der Waals surface area contributed by atoms with Crippen LogP contribution in [0.4, 0.5) is 0 Å². The standard InChI is InChI=1S/C21H24N4O2/c1-16-8-10-17(11-9-16)25-21(27)18-7-6-12-22-20(18)24(25)15-19(26)23-13-4-2-3-5-14-23/h6-12H,2-5,13-15H2,1H3. The molecule has 3 aromatic rings. The molecular formula is C21H24N4O2. The number of aromatic nitrogens is 3. The van der Waals surface area contributed by atoms with Crippen LogP contribution in [0.3, 0.4) is 0 Å². The quantitative estimate of drug-likeness (QED) is 0.718. The number of amides is 1. The minimum Gasteiger partial charge on any atom is -0.341 e. The van der Waals surface area contributed by atoms with Crippen molar-refractivity contribution in [2.75, 3.05) is 13.1 Å². The summed E-state index contributed by atoms with van der Waals surface area (Å²) in [6.45, 7) is 3.70. The van der Waals surface area contributed by atoms with Crippen molar-refractivity contribution in [3.8, 4) is 5.69 Å². The van der Waals surface area contributed by atoms with Gasteiger partial charge in [0, 0.05) is 19.3 Å². The van der Waals surface area contributed by atoms with E-state index in [4.69, 9.17) is 0 Å². The van der Waals surface area contributed by atoms with E-state index >= 15 is 0 Å². The van der Waals surface area contributed by atoms with Crippen molar-refractivity contribution < 1.29 is 4.79 Å². The largest absolute Gasteiger partial charge is 0.341 e. The average molecular weight is 364 g/mol. The van der Waals surface area contributed by atoms with Crippen LogP contribution >= 0.6 is 0 Å². The number of carbonyl (C=O) groups excluding carboxylic acids is 1. The molecule has 0 atom stereocenters. The zero-order chi connectivity index (χ0) is 18.8. The van der Waals surface area contributed by atoms with Crippen LogP contribution in [-0.2, 0) is 11.3 Å². The molecule has 1 aromatic carbocycles. The van der Waals surface area contributed by atoms with Crippen LogP contribution in [0.2, 0.25) is 0 Å². The van der Waals surface area contributed by atoms with Crippen LogP contribution in [0.25, 0.3) is 16.7 Å². The molecule has 0 bridgehead atoms. The number of fused-ring (bicyclic) bond motifs is 1. The lowest BCUT2D eigenvalue weighted by atomic mass is 10.2. The average Bonchev–Trinajstić information content (AvgIpc) is 2.86. The SMILES string of the molecule is Cc1ccc(-n2c(=O)c3cccnc3n2CC(=O)N2CCCCCC2)cc1. The molecule has 0 aliphatic carbocycles. The maximum absolute atomic E-state index is 13.0. The molecule has 1 aliphatic rings. The van der Waals surface area contributed by atoms with Gasteiger partial charge in [0.2, 0.25) is 5.91 Å². The van der Waals surface area contributed by atoms with Gasteiger partial charge in [-0.05, 0) is 44.0 Å². The van der Waals surface area contributed by atoms with Crippen LogP contribution < -0.4 is 5.56 Å². The summed E-state index contributed by atoms with van der Waals surface area (Å²) in [6, 6.07) is 11.3. The van der Waals surface area contributed by atoms with Crippen LogP contribution in [-0.4, -0.2) is 38.2 Å². The lowest BCUT2D eigenvalue weighted by molar-refractivity contribution is -0.132. The monoisotopic (exact) mass is 364 g/mol. The Kier molecular flexibility index (Phi) is 4.79. The summed E-state index contributed by atoms with van der Waals surface area (Å²) in [5, 5.41) is 0.529. The number of carbonyl (C=O) groups is 1. The van der Waals surface area contributed by atoms with E-state index in [0.717, 1.165) is 37.2 Å². The molecule has 0 saturated carbocycles. The van der Waals surface area contributed by atoms with E-state index in [9.17, 15) is 9.59 Å². The first-order valence-corrected chi connectivity index (χ1v) is 9.56. The van der Waals surface area contributed by atoms with Crippen molar-refractivity contribution in [3.05, 3.63) is 58.5 Å². The third-order valence-electron chi connectivity index (χ3n) is 5.22. The third-order valence-corrected chi connectivity index (χ3v) is 5.22. The number of rotatable bonds is 3. The summed E-state index contributed by atoms with van der Waals surface area (Å²) in [5.41, 5.74) is 2.26. The number of nitrogens with zero attached hydrogens (tertiary/aromatic N) is 4. The van der Waals surface area contributed by atoms with Gasteiger partial charge in [-0.3, -0.25) is 14.3 Å². The van der Waals surface area contributed by atoms with Crippen molar-refractivity contribution in [3.63, 3.8) is 0 Å². The van der Waals surface area contributed by atoms with Gasteiger partial charge in [-0.1, -0.05) is 30.5 Å². The molecule has 1 amide bonds. The molecule has 27 heavy (non-hydrogen) atoms. The number of pyridine rings is 1. The second kappa shape index (κ2) is 7.39. The molecule has 3 heterocycles. The van der Waals surface area contributed by atoms with E-state index in [1.807, 2.05) is 36.1 Å². The Labute approximate surface area is 158 Å². The molecule has 6 heteroatoms. The molecule has 1 fully saturated rings. The lowest BCUT2D eigenvalue weighted by Gasteiger charge is -2.21. The fourth-order valence-corrected chi connectivity index (χ4v) is 3.72. The smallest absolute Gasteiger partial charge is 0.280 e. The molecular weight excluding hydrogens is 340 g/mol. The summed E-state index contributed by atoms with van der Waals surface area (Å²) >= 11 is 0. The molecule has 1 saturated heterocycles. The Bertz CT molecular complexity index is 1010. The Morgan fingerprint density at radius 1 is 1.04 bits per heavy atom. The van der Waals surface area contributed by atoms with Crippen molar-refractivity contribution in [1.29, 1.82) is 0 Å². The molecule has 6 nitrogen and oxygen atoms in total. The summed E-state index contributed by atoms with van der Waals surface area (Å²) < 4.78 is 3.29. The number of likely N-dealkylation sites (tertiary alicyclic amines) is 1. The summed E-state index contributed by atoms with van der Waals surface area (Å²) in [5.74, 6) is 0.0420. The van der Waals surface area contributed by atoms with Gasteiger partial charge in [0.05, 0.1) is 11.1 Å². The van der Waals surface area contributed by atoms with Gasteiger partial charge in [-0.2, -0.15) is 0 Å². The second-order valence-corrected chi connectivity index (χ2v) is 7.18. The maximum atomic E-state index is 13.0. The topological polar surface area (TPSA) is 60.1 Å². The van der Waals surface area contributed by atoms with Gasteiger partial charge < -0.3 is 4.90 Å². The molecule has 2 aromatic heterocycles. The second-order valence-electron chi connectivity index (χ2n) is 7.18. The summed E-state index contributed by atoms with van der Waals surface area (Å²) in [4.78, 5) is 32.3. The zero-order valence-corrected chi connectivity index (χ0v) is 15.6.